The highest BCUT2D eigenvalue weighted by Gasteiger charge is 2.30. The highest BCUT2D eigenvalue weighted by atomic mass is 19.3. The predicted octanol–water partition coefficient (Wildman–Crippen LogP) is 4.97. The first kappa shape index (κ1) is 22.7. The van der Waals surface area contributed by atoms with E-state index < -0.39 is 35.0 Å². The molecule has 31 heavy (non-hydrogen) atoms. The first-order valence-electron chi connectivity index (χ1n) is 10.2. The topological polar surface area (TPSA) is 90.9 Å². The van der Waals surface area contributed by atoms with Crippen molar-refractivity contribution in [1.82, 2.24) is 15.0 Å². The fraction of sp³-hybridized carbons (Fsp3) is 0.409. The molecule has 3 rings (SSSR count). The summed E-state index contributed by atoms with van der Waals surface area (Å²) in [6, 6.07) is 4.68. The number of halogens is 3. The molecule has 9 heteroatoms. The van der Waals surface area contributed by atoms with Crippen molar-refractivity contribution in [3.63, 3.8) is 0 Å². The molecule has 0 radical (unpaired) electrons. The monoisotopic (exact) mass is 434 g/mol. The first-order chi connectivity index (χ1) is 14.7. The van der Waals surface area contributed by atoms with Gasteiger partial charge in [-0.05, 0) is 25.8 Å². The molecule has 2 heterocycles. The van der Waals surface area contributed by atoms with Crippen molar-refractivity contribution in [2.75, 3.05) is 5.32 Å². The van der Waals surface area contributed by atoms with E-state index in [4.69, 9.17) is 0 Å². The molecule has 1 aromatic carbocycles. The summed E-state index contributed by atoms with van der Waals surface area (Å²) in [4.78, 5) is 23.5. The van der Waals surface area contributed by atoms with Crippen molar-refractivity contribution in [2.45, 2.75) is 58.1 Å². The molecular formula is C22H25F3N4O2. The Morgan fingerprint density at radius 2 is 1.94 bits per heavy atom. The van der Waals surface area contributed by atoms with Gasteiger partial charge in [-0.3, -0.25) is 4.79 Å². The molecular weight excluding hydrogens is 409 g/mol. The van der Waals surface area contributed by atoms with Gasteiger partial charge in [0.05, 0.1) is 22.6 Å². The zero-order valence-corrected chi connectivity index (χ0v) is 17.5. The SMILES string of the molecule is CCCC(O)(CC)c1cc2c(N[C@H](C)c3cccc(C(F)F)c3F)ncnc2[nH]c1=O. The molecule has 2 aromatic heterocycles. The summed E-state index contributed by atoms with van der Waals surface area (Å²) in [7, 11) is 0. The minimum Gasteiger partial charge on any atom is -0.385 e. The molecule has 166 valence electrons. The maximum atomic E-state index is 14.6. The largest absolute Gasteiger partial charge is 0.385 e. The fourth-order valence-electron chi connectivity index (χ4n) is 3.75. The normalized spacial score (nSPS) is 14.6. The minimum absolute atomic E-state index is 0.0604. The lowest BCUT2D eigenvalue weighted by atomic mass is 9.87. The number of aromatic amines is 1. The van der Waals surface area contributed by atoms with Gasteiger partial charge in [-0.1, -0.05) is 38.5 Å². The van der Waals surface area contributed by atoms with E-state index in [9.17, 15) is 23.1 Å². The second kappa shape index (κ2) is 9.05. The van der Waals surface area contributed by atoms with Gasteiger partial charge >= 0.3 is 0 Å². The summed E-state index contributed by atoms with van der Waals surface area (Å²) in [6.07, 6.45) is -0.277. The lowest BCUT2D eigenvalue weighted by Crippen LogP contribution is -2.32. The molecule has 0 aliphatic heterocycles. The number of hydrogen-bond donors (Lipinski definition) is 3. The molecule has 3 aromatic rings. The maximum Gasteiger partial charge on any atom is 0.266 e. The van der Waals surface area contributed by atoms with Crippen LogP contribution in [-0.2, 0) is 5.60 Å². The van der Waals surface area contributed by atoms with Crippen molar-refractivity contribution >= 4 is 16.9 Å². The van der Waals surface area contributed by atoms with E-state index in [1.165, 1.54) is 24.5 Å². The van der Waals surface area contributed by atoms with E-state index in [1.807, 2.05) is 6.92 Å². The quantitative estimate of drug-likeness (QED) is 0.466. The van der Waals surface area contributed by atoms with E-state index in [0.717, 1.165) is 6.07 Å². The standard InChI is InChI=1S/C22H25F3N4O2/c1-4-9-22(31,5-2)16-10-15-19(26-11-27-20(15)29-21(16)30)28-12(3)13-7-6-8-14(17(13)23)18(24)25/h6-8,10-12,18,31H,4-5,9H2,1-3H3,(H2,26,27,28,29,30)/t12-,22?/m1/s1. The third kappa shape index (κ3) is 4.41. The number of pyridine rings is 1. The second-order valence-electron chi connectivity index (χ2n) is 7.55. The third-order valence-corrected chi connectivity index (χ3v) is 5.51. The van der Waals surface area contributed by atoms with Crippen LogP contribution in [0, 0.1) is 5.82 Å². The van der Waals surface area contributed by atoms with Crippen LogP contribution in [0.2, 0.25) is 0 Å². The number of benzene rings is 1. The van der Waals surface area contributed by atoms with E-state index in [0.29, 0.717) is 24.6 Å². The van der Waals surface area contributed by atoms with Gasteiger partial charge in [-0.15, -0.1) is 0 Å². The Balaban J connectivity index is 2.06. The Morgan fingerprint density at radius 1 is 1.23 bits per heavy atom. The Hall–Kier alpha value is -2.94. The average Bonchev–Trinajstić information content (AvgIpc) is 2.73. The van der Waals surface area contributed by atoms with Crippen LogP contribution in [0.15, 0.2) is 35.4 Å². The van der Waals surface area contributed by atoms with Crippen LogP contribution in [0.1, 0.15) is 69.2 Å². The number of H-pyrrole nitrogens is 1. The number of anilines is 1. The molecule has 0 saturated heterocycles. The van der Waals surface area contributed by atoms with Crippen LogP contribution in [0.25, 0.3) is 11.0 Å². The highest BCUT2D eigenvalue weighted by Crippen LogP contribution is 2.32. The number of aliphatic hydroxyl groups is 1. The summed E-state index contributed by atoms with van der Waals surface area (Å²) in [5.41, 5.74) is -1.93. The lowest BCUT2D eigenvalue weighted by molar-refractivity contribution is 0.0214. The summed E-state index contributed by atoms with van der Waals surface area (Å²) in [5.74, 6) is -0.694. The molecule has 0 saturated carbocycles. The number of rotatable bonds is 8. The zero-order chi connectivity index (χ0) is 22.8. The summed E-state index contributed by atoms with van der Waals surface area (Å²) < 4.78 is 40.7. The minimum atomic E-state index is -2.93. The van der Waals surface area contributed by atoms with Crippen LogP contribution in [0.4, 0.5) is 19.0 Å². The number of hydrogen-bond acceptors (Lipinski definition) is 5. The van der Waals surface area contributed by atoms with E-state index in [1.54, 1.807) is 13.8 Å². The van der Waals surface area contributed by atoms with Crippen molar-refractivity contribution < 1.29 is 18.3 Å². The summed E-state index contributed by atoms with van der Waals surface area (Å²) in [5, 5.41) is 14.4. The van der Waals surface area contributed by atoms with Crippen LogP contribution in [0.5, 0.6) is 0 Å². The summed E-state index contributed by atoms with van der Waals surface area (Å²) in [6.45, 7) is 5.32. The van der Waals surface area contributed by atoms with Gasteiger partial charge in [0, 0.05) is 11.1 Å². The Bertz CT molecular complexity index is 1140. The second-order valence-corrected chi connectivity index (χ2v) is 7.55. The molecule has 0 bridgehead atoms. The zero-order valence-electron chi connectivity index (χ0n) is 17.5. The molecule has 2 atom stereocenters. The van der Waals surface area contributed by atoms with Gasteiger partial charge < -0.3 is 15.4 Å². The van der Waals surface area contributed by atoms with Crippen molar-refractivity contribution in [3.8, 4) is 0 Å². The molecule has 0 aliphatic carbocycles. The third-order valence-electron chi connectivity index (χ3n) is 5.51. The fourth-order valence-corrected chi connectivity index (χ4v) is 3.75. The van der Waals surface area contributed by atoms with E-state index in [2.05, 4.69) is 20.3 Å². The van der Waals surface area contributed by atoms with E-state index >= 15 is 0 Å². The molecule has 6 nitrogen and oxygen atoms in total. The molecule has 3 N–H and O–H groups in total. The lowest BCUT2D eigenvalue weighted by Gasteiger charge is -2.26. The van der Waals surface area contributed by atoms with Crippen LogP contribution in [-0.4, -0.2) is 20.1 Å². The first-order valence-corrected chi connectivity index (χ1v) is 10.2. The molecule has 1 unspecified atom stereocenters. The van der Waals surface area contributed by atoms with Gasteiger partial charge in [-0.2, -0.15) is 0 Å². The Kier molecular flexibility index (Phi) is 6.64. The Morgan fingerprint density at radius 3 is 2.58 bits per heavy atom. The highest BCUT2D eigenvalue weighted by molar-refractivity contribution is 5.86. The molecule has 0 spiro atoms. The van der Waals surface area contributed by atoms with Gasteiger partial charge in [0.2, 0.25) is 0 Å². The van der Waals surface area contributed by atoms with Crippen molar-refractivity contribution in [1.29, 1.82) is 0 Å². The van der Waals surface area contributed by atoms with Gasteiger partial charge in [0.15, 0.2) is 0 Å². The van der Waals surface area contributed by atoms with Crippen LogP contribution in [0.3, 0.4) is 0 Å². The van der Waals surface area contributed by atoms with Gasteiger partial charge in [0.1, 0.15) is 23.6 Å². The number of nitrogens with one attached hydrogen (secondary N) is 2. The van der Waals surface area contributed by atoms with Crippen LogP contribution >= 0.6 is 0 Å². The van der Waals surface area contributed by atoms with Crippen LogP contribution < -0.4 is 10.9 Å². The Labute approximate surface area is 177 Å². The number of alkyl halides is 2. The number of fused-ring (bicyclic) bond motifs is 1. The van der Waals surface area contributed by atoms with Crippen molar-refractivity contribution in [3.05, 3.63) is 63.5 Å². The van der Waals surface area contributed by atoms with Gasteiger partial charge in [-0.25, -0.2) is 23.1 Å². The van der Waals surface area contributed by atoms with E-state index in [-0.39, 0.29) is 22.6 Å². The number of aromatic nitrogens is 3. The van der Waals surface area contributed by atoms with Crippen molar-refractivity contribution in [2.24, 2.45) is 0 Å². The summed E-state index contributed by atoms with van der Waals surface area (Å²) >= 11 is 0. The molecule has 0 aliphatic rings. The predicted molar refractivity (Wildman–Crippen MR) is 113 cm³/mol. The molecule has 0 amide bonds. The maximum absolute atomic E-state index is 14.6. The average molecular weight is 434 g/mol. The molecule has 0 fully saturated rings. The number of nitrogens with zero attached hydrogens (tertiary/aromatic N) is 2. The van der Waals surface area contributed by atoms with Gasteiger partial charge in [0.25, 0.3) is 12.0 Å². The smallest absolute Gasteiger partial charge is 0.266 e.